The third-order valence-electron chi connectivity index (χ3n) is 6.87. The third-order valence-corrected chi connectivity index (χ3v) is 7.19. The molecule has 3 aromatic heterocycles. The second-order valence-corrected chi connectivity index (χ2v) is 9.86. The predicted octanol–water partition coefficient (Wildman–Crippen LogP) is 4.70. The normalized spacial score (nSPS) is 23.3. The maximum atomic E-state index is 13.2. The van der Waals surface area contributed by atoms with E-state index in [9.17, 15) is 14.0 Å². The lowest BCUT2D eigenvalue weighted by atomic mass is 9.51. The van der Waals surface area contributed by atoms with E-state index in [2.05, 4.69) is 30.9 Å². The molecular formula is C24H25ClFN7O3. The first kappa shape index (κ1) is 24.1. The molecule has 1 spiro atoms. The number of nitrogens with one attached hydrogen (secondary N) is 2. The van der Waals surface area contributed by atoms with Crippen LogP contribution in [-0.2, 0) is 16.6 Å². The molecule has 3 heterocycles. The fourth-order valence-electron chi connectivity index (χ4n) is 4.96. The number of carbonyl (C=O) groups is 2. The number of hydrogen-bond donors (Lipinski definition) is 2. The molecule has 2 aliphatic rings. The van der Waals surface area contributed by atoms with Crippen LogP contribution >= 0.6 is 11.6 Å². The van der Waals surface area contributed by atoms with E-state index in [1.807, 2.05) is 0 Å². The molecule has 10 nitrogen and oxygen atoms in total. The molecule has 0 radical (unpaired) electrons. The van der Waals surface area contributed by atoms with Crippen molar-refractivity contribution in [3.05, 3.63) is 47.4 Å². The van der Waals surface area contributed by atoms with Gasteiger partial charge in [0.1, 0.15) is 17.4 Å². The first-order valence-electron chi connectivity index (χ1n) is 11.6. The molecule has 0 saturated heterocycles. The van der Waals surface area contributed by atoms with Crippen LogP contribution in [0.15, 0.2) is 36.7 Å². The second kappa shape index (κ2) is 9.45. The minimum atomic E-state index is -0.721. The molecule has 3 aromatic rings. The Balaban J connectivity index is 1.20. The number of pyridine rings is 2. The highest BCUT2D eigenvalue weighted by atomic mass is 35.5. The quantitative estimate of drug-likeness (QED) is 0.458. The summed E-state index contributed by atoms with van der Waals surface area (Å²) in [4.78, 5) is 33.4. The largest absolute Gasteiger partial charge is 0.441 e. The number of ether oxygens (including phenoxy) is 1. The summed E-state index contributed by atoms with van der Waals surface area (Å²) in [6, 6.07) is 6.82. The molecule has 0 aromatic carbocycles. The molecule has 36 heavy (non-hydrogen) atoms. The van der Waals surface area contributed by atoms with Crippen molar-refractivity contribution in [3.8, 4) is 11.4 Å². The van der Waals surface area contributed by atoms with E-state index in [0.29, 0.717) is 41.3 Å². The first-order chi connectivity index (χ1) is 17.2. The maximum Gasteiger partial charge on any atom is 0.413 e. The summed E-state index contributed by atoms with van der Waals surface area (Å²) in [5.41, 5.74) is 1.95. The Morgan fingerprint density at radius 2 is 1.97 bits per heavy atom. The highest BCUT2D eigenvalue weighted by molar-refractivity contribution is 6.30. The summed E-state index contributed by atoms with van der Waals surface area (Å²) in [6.45, 7) is 1.69. The van der Waals surface area contributed by atoms with Gasteiger partial charge in [0.25, 0.3) is 0 Å². The van der Waals surface area contributed by atoms with Crippen molar-refractivity contribution < 1.29 is 18.7 Å². The number of halogens is 2. The van der Waals surface area contributed by atoms with E-state index in [1.165, 1.54) is 10.9 Å². The van der Waals surface area contributed by atoms with Gasteiger partial charge in [0.2, 0.25) is 5.91 Å². The van der Waals surface area contributed by atoms with Gasteiger partial charge in [0, 0.05) is 24.7 Å². The Bertz CT molecular complexity index is 1290. The van der Waals surface area contributed by atoms with Crippen molar-refractivity contribution in [1.82, 2.24) is 25.0 Å². The summed E-state index contributed by atoms with van der Waals surface area (Å²) in [7, 11) is 1.63. The zero-order chi connectivity index (χ0) is 25.4. The molecule has 12 heteroatoms. The van der Waals surface area contributed by atoms with Crippen molar-refractivity contribution in [2.24, 2.45) is 18.4 Å². The van der Waals surface area contributed by atoms with Gasteiger partial charge in [-0.15, -0.1) is 5.10 Å². The number of rotatable bonds is 6. The van der Waals surface area contributed by atoms with E-state index in [0.717, 1.165) is 12.8 Å². The number of anilines is 2. The lowest BCUT2D eigenvalue weighted by Gasteiger charge is -2.54. The number of aromatic nitrogens is 5. The molecule has 0 bridgehead atoms. The standard InChI is InChI=1S/C24H25ClFN7O3/c1-13(17-4-3-7-27-20(17)25)36-23(35)30-21-19(31-32-33(21)2)18-6-5-16(12-28-18)29-22(34)14-8-24(9-14)10-15(26)11-24/h3-7,12-15H,8-11H2,1-2H3,(H,29,34)(H,30,35)/t13-,14?,15?,24?/m1/s1. The Kier molecular flexibility index (Phi) is 6.33. The molecule has 2 saturated carbocycles. The average Bonchev–Trinajstić information content (AvgIpc) is 3.15. The summed E-state index contributed by atoms with van der Waals surface area (Å²) >= 11 is 6.08. The van der Waals surface area contributed by atoms with Gasteiger partial charge in [-0.05, 0) is 56.2 Å². The Morgan fingerprint density at radius 3 is 2.64 bits per heavy atom. The topological polar surface area (TPSA) is 124 Å². The Hall–Kier alpha value is -3.60. The van der Waals surface area contributed by atoms with Gasteiger partial charge in [-0.25, -0.2) is 18.9 Å². The van der Waals surface area contributed by atoms with Gasteiger partial charge in [-0.1, -0.05) is 22.9 Å². The lowest BCUT2D eigenvalue weighted by molar-refractivity contribution is -0.136. The van der Waals surface area contributed by atoms with Gasteiger partial charge in [0.05, 0.1) is 17.6 Å². The summed E-state index contributed by atoms with van der Waals surface area (Å²) in [6.07, 6.45) is 3.63. The molecule has 5 rings (SSSR count). The number of amides is 2. The van der Waals surface area contributed by atoms with Crippen LogP contribution in [0.1, 0.15) is 44.3 Å². The van der Waals surface area contributed by atoms with Crippen LogP contribution in [0.2, 0.25) is 5.15 Å². The van der Waals surface area contributed by atoms with E-state index in [4.69, 9.17) is 16.3 Å². The summed E-state index contributed by atoms with van der Waals surface area (Å²) in [5, 5.41) is 13.9. The second-order valence-electron chi connectivity index (χ2n) is 9.50. The number of nitrogens with zero attached hydrogens (tertiary/aromatic N) is 5. The molecule has 188 valence electrons. The van der Waals surface area contributed by atoms with Crippen LogP contribution in [0.5, 0.6) is 0 Å². The molecule has 2 N–H and O–H groups in total. The number of alkyl halides is 1. The zero-order valence-electron chi connectivity index (χ0n) is 19.7. The van der Waals surface area contributed by atoms with E-state index in [-0.39, 0.29) is 22.4 Å². The lowest BCUT2D eigenvalue weighted by Crippen LogP contribution is -2.51. The molecular weight excluding hydrogens is 489 g/mol. The molecule has 0 unspecified atom stereocenters. The van der Waals surface area contributed by atoms with Gasteiger partial charge < -0.3 is 10.1 Å². The van der Waals surface area contributed by atoms with Crippen LogP contribution in [0.25, 0.3) is 11.4 Å². The van der Waals surface area contributed by atoms with E-state index >= 15 is 0 Å². The van der Waals surface area contributed by atoms with Gasteiger partial charge in [-0.2, -0.15) is 0 Å². The Labute approximate surface area is 211 Å². The van der Waals surface area contributed by atoms with Gasteiger partial charge in [0.15, 0.2) is 11.5 Å². The first-order valence-corrected chi connectivity index (χ1v) is 12.0. The minimum Gasteiger partial charge on any atom is -0.441 e. The number of carbonyl (C=O) groups excluding carboxylic acids is 2. The van der Waals surface area contributed by atoms with Gasteiger partial charge >= 0.3 is 6.09 Å². The van der Waals surface area contributed by atoms with Crippen LogP contribution < -0.4 is 10.6 Å². The third kappa shape index (κ3) is 4.75. The van der Waals surface area contributed by atoms with E-state index in [1.54, 1.807) is 44.4 Å². The van der Waals surface area contributed by atoms with Crippen LogP contribution in [0, 0.1) is 11.3 Å². The Morgan fingerprint density at radius 1 is 1.19 bits per heavy atom. The fourth-order valence-corrected chi connectivity index (χ4v) is 5.23. The SMILES string of the molecule is C[C@@H](OC(=O)Nc1c(-c2ccc(NC(=O)C3CC4(CC(F)C4)C3)cn2)nnn1C)c1cccnc1Cl. The van der Waals surface area contributed by atoms with Crippen LogP contribution in [0.3, 0.4) is 0 Å². The maximum absolute atomic E-state index is 13.2. The molecule has 0 aliphatic heterocycles. The molecule has 2 amide bonds. The minimum absolute atomic E-state index is 0.0437. The highest BCUT2D eigenvalue weighted by Gasteiger charge is 2.55. The average molecular weight is 514 g/mol. The van der Waals surface area contributed by atoms with Crippen molar-refractivity contribution >= 4 is 35.1 Å². The highest BCUT2D eigenvalue weighted by Crippen LogP contribution is 2.59. The van der Waals surface area contributed by atoms with Crippen LogP contribution in [0.4, 0.5) is 20.7 Å². The predicted molar refractivity (Wildman–Crippen MR) is 130 cm³/mol. The van der Waals surface area contributed by atoms with Crippen LogP contribution in [-0.4, -0.2) is 43.1 Å². The molecule has 2 aliphatic carbocycles. The molecule has 2 fully saturated rings. The summed E-state index contributed by atoms with van der Waals surface area (Å²) in [5.74, 6) is 0.119. The summed E-state index contributed by atoms with van der Waals surface area (Å²) < 4.78 is 20.0. The van der Waals surface area contributed by atoms with Crippen molar-refractivity contribution in [2.45, 2.75) is 44.9 Å². The van der Waals surface area contributed by atoms with Crippen molar-refractivity contribution in [3.63, 3.8) is 0 Å². The van der Waals surface area contributed by atoms with Crippen molar-refractivity contribution in [2.75, 3.05) is 10.6 Å². The zero-order valence-corrected chi connectivity index (χ0v) is 20.5. The smallest absolute Gasteiger partial charge is 0.413 e. The van der Waals surface area contributed by atoms with Crippen molar-refractivity contribution in [1.29, 1.82) is 0 Å². The number of hydrogen-bond acceptors (Lipinski definition) is 7. The molecule has 1 atom stereocenters. The number of aryl methyl sites for hydroxylation is 1. The fraction of sp³-hybridized carbons (Fsp3) is 0.417. The van der Waals surface area contributed by atoms with E-state index < -0.39 is 18.4 Å². The monoisotopic (exact) mass is 513 g/mol. The van der Waals surface area contributed by atoms with Gasteiger partial charge in [-0.3, -0.25) is 15.1 Å².